The van der Waals surface area contributed by atoms with E-state index in [2.05, 4.69) is 14.7 Å². The summed E-state index contributed by atoms with van der Waals surface area (Å²) in [4.78, 5) is 7.67. The molecule has 3 rings (SSSR count). The van der Waals surface area contributed by atoms with Gasteiger partial charge in [-0.2, -0.15) is 0 Å². The average molecular weight is 273 g/mol. The van der Waals surface area contributed by atoms with Crippen LogP contribution in [0.1, 0.15) is 0 Å². The maximum atomic E-state index is 10.9. The second kappa shape index (κ2) is 4.83. The van der Waals surface area contributed by atoms with Gasteiger partial charge in [-0.25, -0.2) is 9.19 Å². The van der Waals surface area contributed by atoms with Crippen LogP contribution in [0.2, 0.25) is 0 Å². The number of fused-ring (bicyclic) bond motifs is 1. The zero-order valence-corrected chi connectivity index (χ0v) is 10.6. The first-order valence-electron chi connectivity index (χ1n) is 5.66. The van der Waals surface area contributed by atoms with E-state index < -0.39 is 11.3 Å². The van der Waals surface area contributed by atoms with Crippen molar-refractivity contribution in [3.05, 3.63) is 48.5 Å². The largest absolute Gasteiger partial charge is 0.338 e. The van der Waals surface area contributed by atoms with Gasteiger partial charge in [-0.15, -0.1) is 0 Å². The summed E-state index contributed by atoms with van der Waals surface area (Å²) in [6.45, 7) is 0. The molecule has 0 aliphatic heterocycles. The normalized spacial score (nSPS) is 12.5. The van der Waals surface area contributed by atoms with Crippen molar-refractivity contribution in [2.75, 3.05) is 4.72 Å². The first-order chi connectivity index (χ1) is 9.24. The standard InChI is InChI=1S/C13H11N3O2S/c17-19(18)16-10-6-2-1-5-9(10)13-14-11-7-3-4-8-12(11)15-13/h1-8,16H,(H,14,15)(H,17,18). The molecule has 5 nitrogen and oxygen atoms in total. The predicted molar refractivity (Wildman–Crippen MR) is 75.9 cm³/mol. The number of aromatic amines is 1. The van der Waals surface area contributed by atoms with Crippen LogP contribution in [-0.4, -0.2) is 18.7 Å². The Morgan fingerprint density at radius 3 is 2.63 bits per heavy atom. The maximum absolute atomic E-state index is 10.9. The molecule has 0 fully saturated rings. The number of imidazole rings is 1. The molecule has 0 saturated carbocycles. The Bertz CT molecular complexity index is 721. The third-order valence-electron chi connectivity index (χ3n) is 2.77. The van der Waals surface area contributed by atoms with Crippen molar-refractivity contribution in [1.29, 1.82) is 0 Å². The molecule has 19 heavy (non-hydrogen) atoms. The fraction of sp³-hybridized carbons (Fsp3) is 0. The van der Waals surface area contributed by atoms with Crippen molar-refractivity contribution >= 4 is 28.0 Å². The second-order valence-electron chi connectivity index (χ2n) is 4.00. The van der Waals surface area contributed by atoms with E-state index in [1.807, 2.05) is 36.4 Å². The lowest BCUT2D eigenvalue weighted by Crippen LogP contribution is -2.03. The number of hydrogen-bond donors (Lipinski definition) is 3. The van der Waals surface area contributed by atoms with Gasteiger partial charge >= 0.3 is 0 Å². The van der Waals surface area contributed by atoms with E-state index in [0.717, 1.165) is 16.6 Å². The molecule has 6 heteroatoms. The van der Waals surface area contributed by atoms with Gasteiger partial charge in [0.15, 0.2) is 0 Å². The molecule has 1 aromatic heterocycles. The molecule has 0 aliphatic rings. The number of H-pyrrole nitrogens is 1. The molecule has 0 spiro atoms. The molecule has 3 aromatic rings. The lowest BCUT2D eigenvalue weighted by Gasteiger charge is -2.06. The van der Waals surface area contributed by atoms with Crippen LogP contribution in [-0.2, 0) is 11.3 Å². The number of anilines is 1. The molecule has 96 valence electrons. The number of para-hydroxylation sites is 3. The lowest BCUT2D eigenvalue weighted by molar-refractivity contribution is 0.570. The molecule has 0 radical (unpaired) electrons. The minimum atomic E-state index is -2.11. The summed E-state index contributed by atoms with van der Waals surface area (Å²) in [6, 6.07) is 14.9. The van der Waals surface area contributed by atoms with E-state index in [9.17, 15) is 4.21 Å². The maximum Gasteiger partial charge on any atom is 0.259 e. The predicted octanol–water partition coefficient (Wildman–Crippen LogP) is 2.78. The number of benzene rings is 2. The molecule has 3 N–H and O–H groups in total. The zero-order valence-electron chi connectivity index (χ0n) is 9.83. The van der Waals surface area contributed by atoms with Gasteiger partial charge in [-0.3, -0.25) is 9.27 Å². The highest BCUT2D eigenvalue weighted by Crippen LogP contribution is 2.27. The Hall–Kier alpha value is -2.18. The van der Waals surface area contributed by atoms with Crippen LogP contribution in [0.3, 0.4) is 0 Å². The van der Waals surface area contributed by atoms with Crippen LogP contribution in [0, 0.1) is 0 Å². The van der Waals surface area contributed by atoms with Crippen molar-refractivity contribution < 1.29 is 8.76 Å². The summed E-state index contributed by atoms with van der Waals surface area (Å²) in [5, 5.41) is 0. The fourth-order valence-corrected chi connectivity index (χ4v) is 2.32. The highest BCUT2D eigenvalue weighted by atomic mass is 32.2. The summed E-state index contributed by atoms with van der Waals surface area (Å²) in [5.41, 5.74) is 3.10. The third-order valence-corrected chi connectivity index (χ3v) is 3.16. The van der Waals surface area contributed by atoms with Crippen molar-refractivity contribution in [3.8, 4) is 11.4 Å². The SMILES string of the molecule is O=S(O)Nc1ccccc1-c1nc2ccccc2[nH]1. The third kappa shape index (κ3) is 2.35. The van der Waals surface area contributed by atoms with Gasteiger partial charge in [-0.05, 0) is 24.3 Å². The summed E-state index contributed by atoms with van der Waals surface area (Å²) in [5.74, 6) is 0.662. The Morgan fingerprint density at radius 2 is 1.84 bits per heavy atom. The number of hydrogen-bond acceptors (Lipinski definition) is 2. The van der Waals surface area contributed by atoms with E-state index in [-0.39, 0.29) is 0 Å². The van der Waals surface area contributed by atoms with Crippen molar-refractivity contribution in [1.82, 2.24) is 9.97 Å². The van der Waals surface area contributed by atoms with Crippen LogP contribution >= 0.6 is 0 Å². The Morgan fingerprint density at radius 1 is 1.11 bits per heavy atom. The first-order valence-corrected chi connectivity index (χ1v) is 6.76. The Balaban J connectivity index is 2.13. The van der Waals surface area contributed by atoms with Gasteiger partial charge in [0, 0.05) is 5.56 Å². The van der Waals surface area contributed by atoms with Crippen LogP contribution in [0.25, 0.3) is 22.4 Å². The Kier molecular flexibility index (Phi) is 3.02. The number of nitrogens with one attached hydrogen (secondary N) is 2. The van der Waals surface area contributed by atoms with Crippen LogP contribution in [0.5, 0.6) is 0 Å². The van der Waals surface area contributed by atoms with E-state index in [0.29, 0.717) is 11.5 Å². The topological polar surface area (TPSA) is 78.0 Å². The highest BCUT2D eigenvalue weighted by molar-refractivity contribution is 7.80. The minimum absolute atomic E-state index is 0.558. The van der Waals surface area contributed by atoms with Gasteiger partial charge < -0.3 is 4.98 Å². The molecular formula is C13H11N3O2S. The van der Waals surface area contributed by atoms with Crippen LogP contribution in [0.4, 0.5) is 5.69 Å². The number of rotatable bonds is 3. The summed E-state index contributed by atoms with van der Waals surface area (Å²) >= 11 is -2.11. The minimum Gasteiger partial charge on any atom is -0.338 e. The van der Waals surface area contributed by atoms with Gasteiger partial charge in [0.05, 0.1) is 16.7 Å². The number of aromatic nitrogens is 2. The number of nitrogens with zero attached hydrogens (tertiary/aromatic N) is 1. The molecular weight excluding hydrogens is 262 g/mol. The first kappa shape index (κ1) is 11.9. The zero-order chi connectivity index (χ0) is 13.2. The molecule has 0 aliphatic carbocycles. The molecule has 0 saturated heterocycles. The van der Waals surface area contributed by atoms with Gasteiger partial charge in [0.1, 0.15) is 5.82 Å². The van der Waals surface area contributed by atoms with E-state index in [4.69, 9.17) is 4.55 Å². The summed E-state index contributed by atoms with van der Waals surface area (Å²) in [7, 11) is 0. The van der Waals surface area contributed by atoms with Crippen LogP contribution < -0.4 is 4.72 Å². The fourth-order valence-electron chi connectivity index (χ4n) is 1.95. The second-order valence-corrected chi connectivity index (χ2v) is 4.70. The molecule has 1 heterocycles. The Labute approximate surface area is 112 Å². The van der Waals surface area contributed by atoms with Crippen molar-refractivity contribution in [3.63, 3.8) is 0 Å². The van der Waals surface area contributed by atoms with Crippen molar-refractivity contribution in [2.45, 2.75) is 0 Å². The van der Waals surface area contributed by atoms with Gasteiger partial charge in [-0.1, -0.05) is 24.3 Å². The molecule has 1 unspecified atom stereocenters. The molecule has 1 atom stereocenters. The van der Waals surface area contributed by atoms with E-state index in [1.54, 1.807) is 12.1 Å². The molecule has 2 aromatic carbocycles. The summed E-state index contributed by atoms with van der Waals surface area (Å²) < 4.78 is 22.3. The highest BCUT2D eigenvalue weighted by Gasteiger charge is 2.10. The molecule has 0 bridgehead atoms. The quantitative estimate of drug-likeness (QED) is 0.642. The lowest BCUT2D eigenvalue weighted by atomic mass is 10.2. The van der Waals surface area contributed by atoms with Gasteiger partial charge in [0.2, 0.25) is 0 Å². The smallest absolute Gasteiger partial charge is 0.259 e. The van der Waals surface area contributed by atoms with Gasteiger partial charge in [0.25, 0.3) is 11.3 Å². The summed E-state index contributed by atoms with van der Waals surface area (Å²) in [6.07, 6.45) is 0. The molecule has 0 amide bonds. The van der Waals surface area contributed by atoms with E-state index >= 15 is 0 Å². The van der Waals surface area contributed by atoms with Crippen LogP contribution in [0.15, 0.2) is 48.5 Å². The monoisotopic (exact) mass is 273 g/mol. The van der Waals surface area contributed by atoms with E-state index in [1.165, 1.54) is 0 Å². The average Bonchev–Trinajstić information content (AvgIpc) is 2.82. The van der Waals surface area contributed by atoms with Crippen molar-refractivity contribution in [2.24, 2.45) is 0 Å².